The summed E-state index contributed by atoms with van der Waals surface area (Å²) in [6.45, 7) is 1.46. The van der Waals surface area contributed by atoms with Crippen molar-refractivity contribution in [2.24, 2.45) is 0 Å². The van der Waals surface area contributed by atoms with E-state index in [1.54, 1.807) is 0 Å². The summed E-state index contributed by atoms with van der Waals surface area (Å²) in [5.74, 6) is 0. The summed E-state index contributed by atoms with van der Waals surface area (Å²) in [6, 6.07) is 1.35. The van der Waals surface area contributed by atoms with Crippen molar-refractivity contribution in [3.05, 3.63) is 33.4 Å². The van der Waals surface area contributed by atoms with Crippen molar-refractivity contribution < 1.29 is 22.1 Å². The Balaban J connectivity index is 3.70. The molecule has 0 saturated carbocycles. The predicted octanol–water partition coefficient (Wildman–Crippen LogP) is 3.02. The molecule has 9 heteroatoms. The van der Waals surface area contributed by atoms with Gasteiger partial charge in [-0.05, 0) is 12.5 Å². The molecule has 0 aromatic heterocycles. The maximum atomic E-state index is 12.8. The Kier molecular flexibility index (Phi) is 4.23. The zero-order chi connectivity index (χ0) is 14.1. The molecule has 0 bridgehead atoms. The number of hydrogen-bond acceptors (Lipinski definition) is 4. The van der Waals surface area contributed by atoms with Crippen molar-refractivity contribution in [1.29, 1.82) is 0 Å². The number of benzene rings is 1. The van der Waals surface area contributed by atoms with Gasteiger partial charge in [0.2, 0.25) is 0 Å². The number of rotatable bonds is 4. The molecule has 0 fully saturated rings. The van der Waals surface area contributed by atoms with Crippen molar-refractivity contribution in [1.82, 2.24) is 0 Å². The van der Waals surface area contributed by atoms with Crippen LogP contribution in [0, 0.1) is 10.1 Å². The number of nitro benzene ring substituents is 1. The van der Waals surface area contributed by atoms with E-state index < -0.39 is 36.5 Å². The first-order chi connectivity index (χ1) is 8.18. The van der Waals surface area contributed by atoms with E-state index >= 15 is 0 Å². The highest BCUT2D eigenvalue weighted by Crippen LogP contribution is 2.34. The van der Waals surface area contributed by atoms with Crippen LogP contribution in [0.2, 0.25) is 0 Å². The molecule has 0 N–H and O–H groups in total. The average molecular weight is 300 g/mol. The van der Waals surface area contributed by atoms with Gasteiger partial charge in [-0.3, -0.25) is 10.1 Å². The van der Waals surface area contributed by atoms with Gasteiger partial charge < -0.3 is 0 Å². The van der Waals surface area contributed by atoms with Gasteiger partial charge in [0, 0.05) is 27.9 Å². The molecule has 0 saturated heterocycles. The standard InChI is InChI=1S/C9H8ClF2NO4S/c1-2-6-7(9(11)12)3-5(18(10,16)17)4-8(6)13(14)15/h3-4,9H,2H2,1H3. The van der Waals surface area contributed by atoms with Crippen LogP contribution in [0.4, 0.5) is 14.5 Å². The molecule has 0 aliphatic carbocycles. The van der Waals surface area contributed by atoms with Crippen LogP contribution in [-0.2, 0) is 15.5 Å². The lowest BCUT2D eigenvalue weighted by atomic mass is 10.0. The second kappa shape index (κ2) is 5.15. The smallest absolute Gasteiger partial charge is 0.258 e. The minimum Gasteiger partial charge on any atom is -0.258 e. The third-order valence-electron chi connectivity index (χ3n) is 2.30. The van der Waals surface area contributed by atoms with Crippen molar-refractivity contribution in [3.8, 4) is 0 Å². The summed E-state index contributed by atoms with van der Waals surface area (Å²) in [5.41, 5.74) is -1.56. The lowest BCUT2D eigenvalue weighted by Crippen LogP contribution is -2.04. The van der Waals surface area contributed by atoms with Gasteiger partial charge in [-0.25, -0.2) is 17.2 Å². The van der Waals surface area contributed by atoms with Gasteiger partial charge in [0.25, 0.3) is 21.2 Å². The van der Waals surface area contributed by atoms with Crippen LogP contribution in [0.1, 0.15) is 24.5 Å². The quantitative estimate of drug-likeness (QED) is 0.486. The molecule has 0 unspecified atom stereocenters. The molecule has 0 atom stereocenters. The molecule has 0 spiro atoms. The topological polar surface area (TPSA) is 77.3 Å². The number of alkyl halides is 2. The molecular formula is C9H8ClF2NO4S. The molecule has 0 radical (unpaired) electrons. The molecule has 1 aromatic carbocycles. The van der Waals surface area contributed by atoms with Gasteiger partial charge in [0.1, 0.15) is 0 Å². The first-order valence-corrected chi connectivity index (χ1v) is 7.03. The highest BCUT2D eigenvalue weighted by Gasteiger charge is 2.26. The molecular weight excluding hydrogens is 292 g/mol. The lowest BCUT2D eigenvalue weighted by Gasteiger charge is -2.09. The summed E-state index contributed by atoms with van der Waals surface area (Å²) < 4.78 is 47.7. The van der Waals surface area contributed by atoms with Crippen LogP contribution in [0.15, 0.2) is 17.0 Å². The Morgan fingerprint density at radius 1 is 1.44 bits per heavy atom. The average Bonchev–Trinajstić information content (AvgIpc) is 2.25. The molecule has 18 heavy (non-hydrogen) atoms. The molecule has 100 valence electrons. The lowest BCUT2D eigenvalue weighted by molar-refractivity contribution is -0.385. The van der Waals surface area contributed by atoms with E-state index in [9.17, 15) is 27.3 Å². The van der Waals surface area contributed by atoms with Crippen LogP contribution < -0.4 is 0 Å². The molecule has 5 nitrogen and oxygen atoms in total. The third kappa shape index (κ3) is 2.94. The van der Waals surface area contributed by atoms with Gasteiger partial charge in [-0.2, -0.15) is 0 Å². The van der Waals surface area contributed by atoms with Crippen molar-refractivity contribution in [2.45, 2.75) is 24.7 Å². The van der Waals surface area contributed by atoms with Crippen LogP contribution >= 0.6 is 10.7 Å². The number of halogens is 3. The minimum atomic E-state index is -4.31. The Morgan fingerprint density at radius 3 is 2.33 bits per heavy atom. The fourth-order valence-electron chi connectivity index (χ4n) is 1.54. The molecule has 0 heterocycles. The second-order valence-corrected chi connectivity index (χ2v) is 5.93. The molecule has 0 aliphatic rings. The molecule has 0 amide bonds. The summed E-state index contributed by atoms with van der Waals surface area (Å²) >= 11 is 0. The van der Waals surface area contributed by atoms with E-state index in [0.29, 0.717) is 12.1 Å². The SMILES string of the molecule is CCc1c(C(F)F)cc(S(=O)(=O)Cl)cc1[N+](=O)[O-]. The monoisotopic (exact) mass is 299 g/mol. The highest BCUT2D eigenvalue weighted by molar-refractivity contribution is 8.13. The van der Waals surface area contributed by atoms with Gasteiger partial charge >= 0.3 is 0 Å². The summed E-state index contributed by atoms with van der Waals surface area (Å²) in [7, 11) is 0.707. The van der Waals surface area contributed by atoms with E-state index in [1.165, 1.54) is 6.92 Å². The van der Waals surface area contributed by atoms with Crippen molar-refractivity contribution in [3.63, 3.8) is 0 Å². The first kappa shape index (κ1) is 14.8. The maximum absolute atomic E-state index is 12.8. The van der Waals surface area contributed by atoms with E-state index in [-0.39, 0.29) is 12.0 Å². The van der Waals surface area contributed by atoms with Crippen LogP contribution in [0.5, 0.6) is 0 Å². The van der Waals surface area contributed by atoms with Crippen molar-refractivity contribution in [2.75, 3.05) is 0 Å². The largest absolute Gasteiger partial charge is 0.274 e. The van der Waals surface area contributed by atoms with Gasteiger partial charge in [-0.1, -0.05) is 6.92 Å². The number of hydrogen-bond donors (Lipinski definition) is 0. The predicted molar refractivity (Wildman–Crippen MR) is 60.5 cm³/mol. The highest BCUT2D eigenvalue weighted by atomic mass is 35.7. The van der Waals surface area contributed by atoms with Crippen LogP contribution in [0.25, 0.3) is 0 Å². The Bertz CT molecular complexity index is 588. The Hall–Kier alpha value is -1.28. The van der Waals surface area contributed by atoms with Gasteiger partial charge in [-0.15, -0.1) is 0 Å². The summed E-state index contributed by atoms with van der Waals surface area (Å²) in [4.78, 5) is 9.15. The fraction of sp³-hybridized carbons (Fsp3) is 0.333. The minimum absolute atomic E-state index is 0.0153. The molecule has 1 aromatic rings. The third-order valence-corrected chi connectivity index (χ3v) is 3.63. The number of nitro groups is 1. The maximum Gasteiger partial charge on any atom is 0.274 e. The van der Waals surface area contributed by atoms with Gasteiger partial charge in [0.15, 0.2) is 0 Å². The van der Waals surface area contributed by atoms with E-state index in [0.717, 1.165) is 0 Å². The zero-order valence-electron chi connectivity index (χ0n) is 9.06. The number of nitrogens with zero attached hydrogens (tertiary/aromatic N) is 1. The Morgan fingerprint density at radius 2 is 2.00 bits per heavy atom. The normalized spacial score (nSPS) is 11.8. The van der Waals surface area contributed by atoms with E-state index in [4.69, 9.17) is 10.7 Å². The summed E-state index contributed by atoms with van der Waals surface area (Å²) in [6.07, 6.45) is -3.03. The van der Waals surface area contributed by atoms with E-state index in [2.05, 4.69) is 0 Å². The molecule has 1 rings (SSSR count). The van der Waals surface area contributed by atoms with E-state index in [1.807, 2.05) is 0 Å². The molecule has 0 aliphatic heterocycles. The fourth-order valence-corrected chi connectivity index (χ4v) is 2.32. The van der Waals surface area contributed by atoms with Crippen molar-refractivity contribution >= 4 is 25.4 Å². The second-order valence-electron chi connectivity index (χ2n) is 3.36. The van der Waals surface area contributed by atoms with Crippen LogP contribution in [-0.4, -0.2) is 13.3 Å². The zero-order valence-corrected chi connectivity index (χ0v) is 10.6. The van der Waals surface area contributed by atoms with Gasteiger partial charge in [0.05, 0.1) is 9.82 Å². The Labute approximate surface area is 106 Å². The van der Waals surface area contributed by atoms with Crippen LogP contribution in [0.3, 0.4) is 0 Å². The first-order valence-electron chi connectivity index (χ1n) is 4.72. The summed E-state index contributed by atoms with van der Waals surface area (Å²) in [5, 5.41) is 10.8.